The van der Waals surface area contributed by atoms with Crippen molar-refractivity contribution < 1.29 is 18.0 Å². The zero-order valence-electron chi connectivity index (χ0n) is 19.4. The van der Waals surface area contributed by atoms with E-state index in [1.165, 1.54) is 4.90 Å². The summed E-state index contributed by atoms with van der Waals surface area (Å²) < 4.78 is 26.1. The van der Waals surface area contributed by atoms with Gasteiger partial charge in [0.15, 0.2) is 0 Å². The largest absolute Gasteiger partial charge is 0.352 e. The first-order chi connectivity index (χ1) is 15.0. The van der Waals surface area contributed by atoms with Gasteiger partial charge in [0.25, 0.3) is 0 Å². The van der Waals surface area contributed by atoms with Crippen LogP contribution in [0, 0.1) is 6.92 Å². The fourth-order valence-electron chi connectivity index (χ4n) is 3.41. The van der Waals surface area contributed by atoms with E-state index in [4.69, 9.17) is 0 Å². The summed E-state index contributed by atoms with van der Waals surface area (Å²) in [5.74, 6) is -0.696. The number of hydrogen-bond donors (Lipinski definition) is 1. The minimum atomic E-state index is -3.72. The second-order valence-electron chi connectivity index (χ2n) is 8.20. The van der Waals surface area contributed by atoms with Gasteiger partial charge < -0.3 is 10.2 Å². The predicted octanol–water partition coefficient (Wildman–Crippen LogP) is 3.09. The number of nitrogens with one attached hydrogen (secondary N) is 1. The highest BCUT2D eigenvalue weighted by Gasteiger charge is 2.31. The van der Waals surface area contributed by atoms with Crippen molar-refractivity contribution in [2.75, 3.05) is 17.1 Å². The molecule has 7 nitrogen and oxygen atoms in total. The molecule has 0 radical (unpaired) electrons. The van der Waals surface area contributed by atoms with Crippen LogP contribution in [0.5, 0.6) is 0 Å². The average molecular weight is 460 g/mol. The summed E-state index contributed by atoms with van der Waals surface area (Å²) in [5, 5.41) is 2.87. The fourth-order valence-corrected chi connectivity index (χ4v) is 4.25. The van der Waals surface area contributed by atoms with Crippen molar-refractivity contribution in [2.45, 2.75) is 52.7 Å². The van der Waals surface area contributed by atoms with Crippen LogP contribution in [-0.2, 0) is 26.2 Å². The van der Waals surface area contributed by atoms with E-state index in [2.05, 4.69) is 5.32 Å². The van der Waals surface area contributed by atoms with Crippen molar-refractivity contribution in [1.82, 2.24) is 10.2 Å². The quantitative estimate of drug-likeness (QED) is 0.592. The second-order valence-corrected chi connectivity index (χ2v) is 10.1. The molecule has 0 saturated carbocycles. The van der Waals surface area contributed by atoms with E-state index >= 15 is 0 Å². The van der Waals surface area contributed by atoms with Crippen molar-refractivity contribution in [1.29, 1.82) is 0 Å². The molecule has 2 rings (SSSR count). The topological polar surface area (TPSA) is 86.8 Å². The van der Waals surface area contributed by atoms with Gasteiger partial charge in [-0.05, 0) is 44.9 Å². The minimum Gasteiger partial charge on any atom is -0.352 e. The molecule has 32 heavy (non-hydrogen) atoms. The van der Waals surface area contributed by atoms with Gasteiger partial charge in [0, 0.05) is 12.6 Å². The number of carbonyl (C=O) groups is 2. The number of nitrogens with zero attached hydrogens (tertiary/aromatic N) is 2. The Morgan fingerprint density at radius 2 is 1.59 bits per heavy atom. The monoisotopic (exact) mass is 459 g/mol. The Hall–Kier alpha value is -2.87. The molecule has 1 atom stereocenters. The summed E-state index contributed by atoms with van der Waals surface area (Å²) in [6.07, 6.45) is 1.48. The summed E-state index contributed by atoms with van der Waals surface area (Å²) in [7, 11) is -3.72. The summed E-state index contributed by atoms with van der Waals surface area (Å²) in [6.45, 7) is 7.27. The highest BCUT2D eigenvalue weighted by Crippen LogP contribution is 2.20. The highest BCUT2D eigenvalue weighted by molar-refractivity contribution is 7.92. The first-order valence-electron chi connectivity index (χ1n) is 10.7. The van der Waals surface area contributed by atoms with Crippen molar-refractivity contribution in [3.8, 4) is 0 Å². The predicted molar refractivity (Wildman–Crippen MR) is 128 cm³/mol. The third-order valence-electron chi connectivity index (χ3n) is 5.01. The molecule has 2 aromatic rings. The maximum absolute atomic E-state index is 13.5. The van der Waals surface area contributed by atoms with Gasteiger partial charge in [-0.15, -0.1) is 0 Å². The molecule has 0 unspecified atom stereocenters. The Bertz CT molecular complexity index is 1010. The van der Waals surface area contributed by atoms with Gasteiger partial charge in [0.2, 0.25) is 21.8 Å². The lowest BCUT2D eigenvalue weighted by Crippen LogP contribution is -2.53. The number of anilines is 1. The van der Waals surface area contributed by atoms with Gasteiger partial charge >= 0.3 is 0 Å². The van der Waals surface area contributed by atoms with E-state index in [1.807, 2.05) is 58.0 Å². The second kappa shape index (κ2) is 11.1. The van der Waals surface area contributed by atoms with Crippen molar-refractivity contribution in [3.05, 3.63) is 65.7 Å². The first kappa shape index (κ1) is 25.4. The lowest BCUT2D eigenvalue weighted by Gasteiger charge is -2.33. The molecular formula is C24H33N3O4S. The first-order valence-corrected chi connectivity index (χ1v) is 12.6. The number of benzene rings is 2. The van der Waals surface area contributed by atoms with Crippen LogP contribution < -0.4 is 9.62 Å². The molecule has 0 heterocycles. The normalized spacial score (nSPS) is 12.3. The van der Waals surface area contributed by atoms with Crippen molar-refractivity contribution >= 4 is 27.5 Å². The summed E-state index contributed by atoms with van der Waals surface area (Å²) in [6, 6.07) is 15.5. The van der Waals surface area contributed by atoms with E-state index in [-0.39, 0.29) is 25.0 Å². The smallest absolute Gasteiger partial charge is 0.244 e. The number of sulfonamides is 1. The number of amides is 2. The fraction of sp³-hybridized carbons (Fsp3) is 0.417. The summed E-state index contributed by atoms with van der Waals surface area (Å²) in [5.41, 5.74) is 2.25. The van der Waals surface area contributed by atoms with E-state index in [9.17, 15) is 18.0 Å². The zero-order valence-corrected chi connectivity index (χ0v) is 20.2. The zero-order chi connectivity index (χ0) is 23.9. The van der Waals surface area contributed by atoms with Gasteiger partial charge in [0.05, 0.1) is 11.9 Å². The Morgan fingerprint density at radius 3 is 2.09 bits per heavy atom. The molecule has 0 aliphatic carbocycles. The van der Waals surface area contributed by atoms with Crippen LogP contribution in [0.15, 0.2) is 54.6 Å². The molecule has 0 saturated heterocycles. The molecule has 8 heteroatoms. The number of carbonyl (C=O) groups excluding carboxylic acids is 2. The van der Waals surface area contributed by atoms with Crippen LogP contribution in [-0.4, -0.2) is 50.0 Å². The molecule has 2 amide bonds. The molecule has 0 aliphatic rings. The number of hydrogen-bond acceptors (Lipinski definition) is 4. The molecule has 2 aromatic carbocycles. The van der Waals surface area contributed by atoms with Crippen LogP contribution in [0.3, 0.4) is 0 Å². The molecular weight excluding hydrogens is 426 g/mol. The van der Waals surface area contributed by atoms with Crippen molar-refractivity contribution in [3.63, 3.8) is 0 Å². The molecule has 0 aliphatic heterocycles. The van der Waals surface area contributed by atoms with Crippen LogP contribution in [0.25, 0.3) is 0 Å². The average Bonchev–Trinajstić information content (AvgIpc) is 2.72. The lowest BCUT2D eigenvalue weighted by molar-refractivity contribution is -0.140. The Labute approximate surface area is 191 Å². The third kappa shape index (κ3) is 7.09. The van der Waals surface area contributed by atoms with Crippen LogP contribution in [0.1, 0.15) is 38.3 Å². The van der Waals surface area contributed by atoms with Gasteiger partial charge in [-0.2, -0.15) is 0 Å². The van der Waals surface area contributed by atoms with Crippen LogP contribution in [0.4, 0.5) is 5.69 Å². The molecule has 174 valence electrons. The Morgan fingerprint density at radius 1 is 1.00 bits per heavy atom. The Balaban J connectivity index is 2.40. The minimum absolute atomic E-state index is 0.0784. The number of aryl methyl sites for hydroxylation is 1. The van der Waals surface area contributed by atoms with Gasteiger partial charge in [-0.25, -0.2) is 8.42 Å². The van der Waals surface area contributed by atoms with Gasteiger partial charge in [-0.1, -0.05) is 55.0 Å². The van der Waals surface area contributed by atoms with Gasteiger partial charge in [-0.3, -0.25) is 13.9 Å². The maximum Gasteiger partial charge on any atom is 0.244 e. The van der Waals surface area contributed by atoms with E-state index < -0.39 is 22.0 Å². The van der Waals surface area contributed by atoms with E-state index in [1.54, 1.807) is 24.3 Å². The third-order valence-corrected chi connectivity index (χ3v) is 6.15. The summed E-state index contributed by atoms with van der Waals surface area (Å²) in [4.78, 5) is 27.8. The highest BCUT2D eigenvalue weighted by atomic mass is 32.2. The maximum atomic E-state index is 13.5. The van der Waals surface area contributed by atoms with Crippen LogP contribution in [0.2, 0.25) is 0 Å². The van der Waals surface area contributed by atoms with Crippen LogP contribution >= 0.6 is 0 Å². The molecule has 0 bridgehead atoms. The Kier molecular flexibility index (Phi) is 8.83. The molecule has 0 fully saturated rings. The molecule has 0 aromatic heterocycles. The molecule has 0 spiro atoms. The number of rotatable bonds is 10. The molecule has 1 N–H and O–H groups in total. The van der Waals surface area contributed by atoms with E-state index in [0.29, 0.717) is 12.1 Å². The summed E-state index contributed by atoms with van der Waals surface area (Å²) >= 11 is 0. The SMILES string of the molecule is CC[C@H](C(=O)NC(C)C)N(Cc1ccccc1)C(=O)CN(c1ccc(C)cc1)S(C)(=O)=O. The van der Waals surface area contributed by atoms with Gasteiger partial charge in [0.1, 0.15) is 12.6 Å². The lowest BCUT2D eigenvalue weighted by atomic mass is 10.1. The van der Waals surface area contributed by atoms with Crippen molar-refractivity contribution in [2.24, 2.45) is 0 Å². The van der Waals surface area contributed by atoms with E-state index in [0.717, 1.165) is 21.7 Å². The standard InChI is InChI=1S/C24H33N3O4S/c1-6-22(24(29)25-18(2)3)26(16-20-10-8-7-9-11-20)23(28)17-27(32(5,30)31)21-14-12-19(4)13-15-21/h7-15,18,22H,6,16-17H2,1-5H3,(H,25,29)/t22-/m1/s1.